The van der Waals surface area contributed by atoms with Gasteiger partial charge in [-0.1, -0.05) is 133 Å². The van der Waals surface area contributed by atoms with Gasteiger partial charge in [0.25, 0.3) is 17.0 Å². The summed E-state index contributed by atoms with van der Waals surface area (Å²) < 4.78 is 19.5. The first-order valence-electron chi connectivity index (χ1n) is 16.8. The van der Waals surface area contributed by atoms with Crippen molar-refractivity contribution in [3.8, 4) is 22.6 Å². The van der Waals surface area contributed by atoms with Crippen LogP contribution < -0.4 is 0 Å². The first-order chi connectivity index (χ1) is 25.0. The first kappa shape index (κ1) is 32.9. The summed E-state index contributed by atoms with van der Waals surface area (Å²) in [5.41, 5.74) is 7.05. The van der Waals surface area contributed by atoms with E-state index < -0.39 is 6.29 Å². The van der Waals surface area contributed by atoms with E-state index in [1.165, 1.54) is 16.7 Å². The maximum absolute atomic E-state index is 12.9. The number of ether oxygens (including phenoxy) is 2. The number of aliphatic hydroxyl groups excluding tert-OH is 1. The Morgan fingerprint density at radius 3 is 1.92 bits per heavy atom. The number of oxazole rings is 1. The minimum absolute atomic E-state index is 0.0318. The van der Waals surface area contributed by atoms with E-state index in [0.29, 0.717) is 28.5 Å². The summed E-state index contributed by atoms with van der Waals surface area (Å²) in [6.45, 7) is 0.139. The van der Waals surface area contributed by atoms with E-state index in [1.54, 1.807) is 24.3 Å². The zero-order valence-corrected chi connectivity index (χ0v) is 28.4. The molecule has 2 aliphatic rings. The Bertz CT molecular complexity index is 2060. The zero-order valence-electron chi connectivity index (χ0n) is 27.6. The third-order valence-electron chi connectivity index (χ3n) is 9.17. The van der Waals surface area contributed by atoms with Gasteiger partial charge in [-0.05, 0) is 28.8 Å². The lowest BCUT2D eigenvalue weighted by atomic mass is 10.0. The molecule has 8 rings (SSSR count). The number of imide groups is 1. The first-order valence-corrected chi connectivity index (χ1v) is 17.8. The number of rotatable bonds is 10. The van der Waals surface area contributed by atoms with Crippen molar-refractivity contribution in [2.75, 3.05) is 5.75 Å². The van der Waals surface area contributed by atoms with Crippen molar-refractivity contribution in [1.82, 2.24) is 9.88 Å². The van der Waals surface area contributed by atoms with E-state index >= 15 is 0 Å². The predicted octanol–water partition coefficient (Wildman–Crippen LogP) is 8.63. The molecule has 0 unspecified atom stereocenters. The summed E-state index contributed by atoms with van der Waals surface area (Å²) in [6.07, 6.45) is -0.520. The molecule has 0 radical (unpaired) electrons. The van der Waals surface area contributed by atoms with Crippen molar-refractivity contribution < 1.29 is 28.6 Å². The average molecular weight is 695 g/mol. The third-order valence-corrected chi connectivity index (χ3v) is 10.1. The fourth-order valence-corrected chi connectivity index (χ4v) is 7.31. The molecular weight excluding hydrogens is 661 g/mol. The standard InChI is InChI=1S/C42H34N2O6S/c45-25-28-17-19-29(20-18-28)36-23-33(26-51-42-43-37(30-9-3-1-4-10-30)38(50-42)31-11-5-2-6-12-31)48-41(49-36)32-21-15-27(16-22-32)24-44-39(46)34-13-7-8-14-35(34)40(44)47/h1-22,33,36,41,45H,23-26H2/t33-,36+,41+/m0/s1. The van der Waals surface area contributed by atoms with Crippen LogP contribution in [-0.2, 0) is 22.6 Å². The summed E-state index contributed by atoms with van der Waals surface area (Å²) >= 11 is 1.51. The van der Waals surface area contributed by atoms with Gasteiger partial charge in [0.05, 0.1) is 36.5 Å². The Morgan fingerprint density at radius 2 is 1.27 bits per heavy atom. The van der Waals surface area contributed by atoms with Crippen LogP contribution in [0.15, 0.2) is 143 Å². The number of carbonyl (C=O) groups excluding carboxylic acids is 2. The molecule has 3 heterocycles. The highest BCUT2D eigenvalue weighted by Crippen LogP contribution is 2.41. The molecule has 254 valence electrons. The summed E-state index contributed by atoms with van der Waals surface area (Å²) in [7, 11) is 0. The number of thioether (sulfide) groups is 1. The van der Waals surface area contributed by atoms with Crippen LogP contribution in [0, 0.1) is 0 Å². The third kappa shape index (κ3) is 6.89. The minimum atomic E-state index is -0.662. The van der Waals surface area contributed by atoms with E-state index in [0.717, 1.165) is 44.8 Å². The Balaban J connectivity index is 1.02. The van der Waals surface area contributed by atoms with Crippen molar-refractivity contribution in [1.29, 1.82) is 0 Å². The van der Waals surface area contributed by atoms with Crippen molar-refractivity contribution in [2.24, 2.45) is 0 Å². The number of nitrogens with zero attached hydrogens (tertiary/aromatic N) is 2. The molecule has 1 fully saturated rings. The lowest BCUT2D eigenvalue weighted by Gasteiger charge is -2.36. The molecule has 2 amide bonds. The van der Waals surface area contributed by atoms with Crippen molar-refractivity contribution in [3.05, 3.63) is 167 Å². The average Bonchev–Trinajstić information content (AvgIpc) is 3.73. The van der Waals surface area contributed by atoms with Crippen LogP contribution in [0.3, 0.4) is 0 Å². The number of benzene rings is 5. The van der Waals surface area contributed by atoms with E-state index in [4.69, 9.17) is 18.9 Å². The van der Waals surface area contributed by atoms with Gasteiger partial charge in [0.2, 0.25) is 0 Å². The van der Waals surface area contributed by atoms with E-state index in [-0.39, 0.29) is 37.2 Å². The SMILES string of the molecule is O=C1c2ccccc2C(=O)N1Cc1ccc([C@@H]2O[C@H](CSc3nc(-c4ccccc4)c(-c4ccccc4)o3)C[C@H](c3ccc(CO)cc3)O2)cc1. The van der Waals surface area contributed by atoms with Crippen LogP contribution in [-0.4, -0.2) is 38.7 Å². The lowest BCUT2D eigenvalue weighted by molar-refractivity contribution is -0.245. The molecule has 1 saturated heterocycles. The molecule has 6 aromatic rings. The monoisotopic (exact) mass is 694 g/mol. The molecule has 0 saturated carbocycles. The van der Waals surface area contributed by atoms with Gasteiger partial charge < -0.3 is 19.0 Å². The highest BCUT2D eigenvalue weighted by atomic mass is 32.2. The van der Waals surface area contributed by atoms with Gasteiger partial charge in [0.15, 0.2) is 12.1 Å². The number of hydrogen-bond acceptors (Lipinski definition) is 8. The van der Waals surface area contributed by atoms with Crippen molar-refractivity contribution in [3.63, 3.8) is 0 Å². The van der Waals surface area contributed by atoms with Gasteiger partial charge in [-0.3, -0.25) is 14.5 Å². The molecule has 1 aromatic heterocycles. The van der Waals surface area contributed by atoms with Crippen LogP contribution in [0.25, 0.3) is 22.6 Å². The Labute approximate surface area is 299 Å². The smallest absolute Gasteiger partial charge is 0.261 e. The number of fused-ring (bicyclic) bond motifs is 1. The largest absolute Gasteiger partial charge is 0.431 e. The molecule has 0 bridgehead atoms. The van der Waals surface area contributed by atoms with Crippen LogP contribution in [0.2, 0.25) is 0 Å². The lowest BCUT2D eigenvalue weighted by Crippen LogP contribution is -2.31. The molecule has 5 aromatic carbocycles. The highest BCUT2D eigenvalue weighted by Gasteiger charge is 2.36. The van der Waals surface area contributed by atoms with Gasteiger partial charge in [-0.2, -0.15) is 0 Å². The summed E-state index contributed by atoms with van der Waals surface area (Å²) in [5.74, 6) is 0.725. The molecule has 8 nitrogen and oxygen atoms in total. The Morgan fingerprint density at radius 1 is 0.686 bits per heavy atom. The maximum Gasteiger partial charge on any atom is 0.261 e. The summed E-state index contributed by atoms with van der Waals surface area (Å²) in [4.78, 5) is 32.1. The number of aromatic nitrogens is 1. The molecule has 0 aliphatic carbocycles. The molecule has 2 aliphatic heterocycles. The van der Waals surface area contributed by atoms with Gasteiger partial charge in [0, 0.05) is 28.9 Å². The minimum Gasteiger partial charge on any atom is -0.431 e. The van der Waals surface area contributed by atoms with E-state index in [2.05, 4.69) is 0 Å². The molecule has 3 atom stereocenters. The zero-order chi connectivity index (χ0) is 34.7. The van der Waals surface area contributed by atoms with E-state index in [9.17, 15) is 14.7 Å². The number of carbonyl (C=O) groups is 2. The summed E-state index contributed by atoms with van der Waals surface area (Å²) in [6, 6.07) is 42.4. The van der Waals surface area contributed by atoms with Gasteiger partial charge in [-0.25, -0.2) is 4.98 Å². The van der Waals surface area contributed by atoms with E-state index in [1.807, 2.05) is 109 Å². The fraction of sp³-hybridized carbons (Fsp3) is 0.167. The molecule has 9 heteroatoms. The topological polar surface area (TPSA) is 102 Å². The van der Waals surface area contributed by atoms with Crippen LogP contribution >= 0.6 is 11.8 Å². The molecule has 1 N–H and O–H groups in total. The maximum atomic E-state index is 12.9. The second kappa shape index (κ2) is 14.5. The normalized spacial score (nSPS) is 18.6. The fourth-order valence-electron chi connectivity index (χ4n) is 6.47. The van der Waals surface area contributed by atoms with Gasteiger partial charge in [0.1, 0.15) is 5.69 Å². The second-order valence-corrected chi connectivity index (χ2v) is 13.5. The van der Waals surface area contributed by atoms with Gasteiger partial charge >= 0.3 is 0 Å². The molecule has 51 heavy (non-hydrogen) atoms. The van der Waals surface area contributed by atoms with Crippen LogP contribution in [0.4, 0.5) is 0 Å². The molecular formula is C42H34N2O6S. The second-order valence-electron chi connectivity index (χ2n) is 12.5. The van der Waals surface area contributed by atoms with Crippen LogP contribution in [0.1, 0.15) is 61.8 Å². The highest BCUT2D eigenvalue weighted by molar-refractivity contribution is 7.99. The van der Waals surface area contributed by atoms with Gasteiger partial charge in [-0.15, -0.1) is 0 Å². The number of hydrogen-bond donors (Lipinski definition) is 1. The molecule has 0 spiro atoms. The number of aliphatic hydroxyl groups is 1. The van der Waals surface area contributed by atoms with Crippen molar-refractivity contribution in [2.45, 2.75) is 43.3 Å². The Kier molecular flexibility index (Phi) is 9.34. The Hall–Kier alpha value is -5.32. The summed E-state index contributed by atoms with van der Waals surface area (Å²) in [5, 5.41) is 10.2. The number of amides is 2. The van der Waals surface area contributed by atoms with Crippen molar-refractivity contribution >= 4 is 23.6 Å². The quantitative estimate of drug-likeness (QED) is 0.112. The van der Waals surface area contributed by atoms with Crippen LogP contribution in [0.5, 0.6) is 0 Å². The predicted molar refractivity (Wildman–Crippen MR) is 194 cm³/mol.